The molecule has 0 bridgehead atoms. The highest BCUT2D eigenvalue weighted by Gasteiger charge is 2.12. The first-order valence-corrected chi connectivity index (χ1v) is 6.21. The van der Waals surface area contributed by atoms with Gasteiger partial charge in [-0.1, -0.05) is 0 Å². The minimum Gasteiger partial charge on any atom is -0.437 e. The summed E-state index contributed by atoms with van der Waals surface area (Å²) >= 11 is 3.26. The summed E-state index contributed by atoms with van der Waals surface area (Å²) in [7, 11) is 0. The molecule has 2 aromatic rings. The van der Waals surface area contributed by atoms with Crippen LogP contribution < -0.4 is 10.5 Å². The molecule has 2 rings (SSSR count). The average Bonchev–Trinajstić information content (AvgIpc) is 2.33. The lowest BCUT2D eigenvalue weighted by Crippen LogP contribution is -2.13. The third kappa shape index (κ3) is 3.08. The van der Waals surface area contributed by atoms with E-state index >= 15 is 0 Å². The van der Waals surface area contributed by atoms with Gasteiger partial charge in [-0.15, -0.1) is 0 Å². The quantitative estimate of drug-likeness (QED) is 0.672. The molecule has 0 aliphatic heterocycles. The fourth-order valence-electron chi connectivity index (χ4n) is 1.48. The zero-order chi connectivity index (χ0) is 14.0. The Bertz CT molecular complexity index is 646. The summed E-state index contributed by atoms with van der Waals surface area (Å²) in [4.78, 5) is 4.17. The largest absolute Gasteiger partial charge is 0.437 e. The van der Waals surface area contributed by atoms with E-state index in [1.807, 2.05) is 0 Å². The van der Waals surface area contributed by atoms with Crippen molar-refractivity contribution in [3.63, 3.8) is 0 Å². The van der Waals surface area contributed by atoms with Gasteiger partial charge in [0.2, 0.25) is 5.88 Å². The molecule has 0 unspecified atom stereocenters. The molecular weight excluding hydrogens is 313 g/mol. The molecule has 19 heavy (non-hydrogen) atoms. The van der Waals surface area contributed by atoms with Crippen molar-refractivity contribution in [1.29, 1.82) is 5.41 Å². The molecule has 0 saturated carbocycles. The third-order valence-corrected chi connectivity index (χ3v) is 3.04. The highest BCUT2D eigenvalue weighted by molar-refractivity contribution is 9.10. The number of hydrogen-bond donors (Lipinski definition) is 2. The van der Waals surface area contributed by atoms with Gasteiger partial charge in [-0.25, -0.2) is 9.37 Å². The molecule has 0 aliphatic carbocycles. The van der Waals surface area contributed by atoms with E-state index < -0.39 is 5.82 Å². The van der Waals surface area contributed by atoms with Crippen LogP contribution >= 0.6 is 15.9 Å². The van der Waals surface area contributed by atoms with Crippen molar-refractivity contribution >= 4 is 21.8 Å². The Morgan fingerprint density at radius 3 is 2.79 bits per heavy atom. The predicted molar refractivity (Wildman–Crippen MR) is 74.2 cm³/mol. The molecule has 0 aliphatic rings. The zero-order valence-electron chi connectivity index (χ0n) is 10.1. The number of halogens is 2. The number of nitrogens with zero attached hydrogens (tertiary/aromatic N) is 1. The number of aryl methyl sites for hydroxylation is 1. The van der Waals surface area contributed by atoms with Crippen molar-refractivity contribution in [3.8, 4) is 11.6 Å². The molecule has 0 spiro atoms. The maximum absolute atomic E-state index is 13.2. The molecule has 98 valence electrons. The number of ether oxygens (including phenoxy) is 1. The van der Waals surface area contributed by atoms with Crippen LogP contribution in [0, 0.1) is 18.2 Å². The van der Waals surface area contributed by atoms with Crippen LogP contribution in [0.25, 0.3) is 0 Å². The number of aromatic nitrogens is 1. The summed E-state index contributed by atoms with van der Waals surface area (Å²) in [5, 5.41) is 7.48. The number of pyridine rings is 1. The minimum absolute atomic E-state index is 0.157. The molecule has 0 amide bonds. The van der Waals surface area contributed by atoms with E-state index in [1.54, 1.807) is 19.1 Å². The predicted octanol–water partition coefficient (Wildman–Crippen LogP) is 3.37. The Hall–Kier alpha value is -1.95. The number of amidine groups is 1. The summed E-state index contributed by atoms with van der Waals surface area (Å²) in [6.45, 7) is 1.79. The summed E-state index contributed by atoms with van der Waals surface area (Å²) in [6, 6.07) is 7.45. The van der Waals surface area contributed by atoms with Gasteiger partial charge in [0.25, 0.3) is 0 Å². The normalized spacial score (nSPS) is 10.3. The van der Waals surface area contributed by atoms with Crippen molar-refractivity contribution in [2.45, 2.75) is 6.92 Å². The first-order chi connectivity index (χ1) is 8.97. The first-order valence-electron chi connectivity index (χ1n) is 5.42. The number of hydrogen-bond acceptors (Lipinski definition) is 3. The van der Waals surface area contributed by atoms with E-state index in [-0.39, 0.29) is 17.5 Å². The maximum Gasteiger partial charge on any atom is 0.230 e. The van der Waals surface area contributed by atoms with Crippen LogP contribution in [0.2, 0.25) is 0 Å². The zero-order valence-corrected chi connectivity index (χ0v) is 11.7. The SMILES string of the molecule is Cc1ccc(C(=N)N)c(Oc2cc(F)ccc2Br)n1. The van der Waals surface area contributed by atoms with Crippen molar-refractivity contribution in [1.82, 2.24) is 4.98 Å². The highest BCUT2D eigenvalue weighted by Crippen LogP contribution is 2.31. The lowest BCUT2D eigenvalue weighted by Gasteiger charge is -2.11. The van der Waals surface area contributed by atoms with Crippen LogP contribution in [0.4, 0.5) is 4.39 Å². The molecule has 6 heteroatoms. The van der Waals surface area contributed by atoms with Gasteiger partial charge in [-0.3, -0.25) is 5.41 Å². The summed E-state index contributed by atoms with van der Waals surface area (Å²) in [5.41, 5.74) is 6.54. The van der Waals surface area contributed by atoms with Crippen LogP contribution in [0.5, 0.6) is 11.6 Å². The molecular formula is C13H11BrFN3O. The van der Waals surface area contributed by atoms with E-state index in [2.05, 4.69) is 20.9 Å². The average molecular weight is 324 g/mol. The van der Waals surface area contributed by atoms with Crippen LogP contribution in [-0.4, -0.2) is 10.8 Å². The molecule has 0 saturated heterocycles. The van der Waals surface area contributed by atoms with Crippen LogP contribution in [-0.2, 0) is 0 Å². The molecule has 3 N–H and O–H groups in total. The van der Waals surface area contributed by atoms with Gasteiger partial charge < -0.3 is 10.5 Å². The van der Waals surface area contributed by atoms with E-state index in [0.29, 0.717) is 15.7 Å². The van der Waals surface area contributed by atoms with Crippen LogP contribution in [0.1, 0.15) is 11.3 Å². The lowest BCUT2D eigenvalue weighted by molar-refractivity contribution is 0.453. The second-order valence-electron chi connectivity index (χ2n) is 3.90. The Balaban J connectivity index is 2.45. The summed E-state index contributed by atoms with van der Waals surface area (Å²) < 4.78 is 19.3. The van der Waals surface area contributed by atoms with Crippen molar-refractivity contribution in [2.24, 2.45) is 5.73 Å². The fraction of sp³-hybridized carbons (Fsp3) is 0.0769. The van der Waals surface area contributed by atoms with Gasteiger partial charge in [0.1, 0.15) is 17.4 Å². The topological polar surface area (TPSA) is 72.0 Å². The van der Waals surface area contributed by atoms with Gasteiger partial charge in [-0.05, 0) is 47.1 Å². The van der Waals surface area contributed by atoms with Gasteiger partial charge in [0, 0.05) is 11.8 Å². The number of rotatable bonds is 3. The molecule has 1 aromatic heterocycles. The maximum atomic E-state index is 13.2. The van der Waals surface area contributed by atoms with E-state index in [1.165, 1.54) is 18.2 Å². The van der Waals surface area contributed by atoms with E-state index in [0.717, 1.165) is 0 Å². The summed E-state index contributed by atoms with van der Waals surface area (Å²) in [5.74, 6) is -0.121. The van der Waals surface area contributed by atoms with Crippen LogP contribution in [0.15, 0.2) is 34.8 Å². The highest BCUT2D eigenvalue weighted by atomic mass is 79.9. The Kier molecular flexibility index (Phi) is 3.80. The lowest BCUT2D eigenvalue weighted by atomic mass is 10.2. The van der Waals surface area contributed by atoms with Crippen molar-refractivity contribution < 1.29 is 9.13 Å². The van der Waals surface area contributed by atoms with Gasteiger partial charge in [0.05, 0.1) is 10.0 Å². The minimum atomic E-state index is -0.421. The molecule has 0 radical (unpaired) electrons. The van der Waals surface area contributed by atoms with Gasteiger partial charge in [0.15, 0.2) is 0 Å². The van der Waals surface area contributed by atoms with Crippen LogP contribution in [0.3, 0.4) is 0 Å². The molecule has 1 heterocycles. The Labute approximate surface area is 118 Å². The van der Waals surface area contributed by atoms with Crippen molar-refractivity contribution in [2.75, 3.05) is 0 Å². The van der Waals surface area contributed by atoms with Gasteiger partial charge >= 0.3 is 0 Å². The summed E-state index contributed by atoms with van der Waals surface area (Å²) in [6.07, 6.45) is 0. The van der Waals surface area contributed by atoms with E-state index in [9.17, 15) is 4.39 Å². The van der Waals surface area contributed by atoms with Gasteiger partial charge in [-0.2, -0.15) is 0 Å². The number of nitrogens with one attached hydrogen (secondary N) is 1. The number of nitrogens with two attached hydrogens (primary N) is 1. The standard InChI is InChI=1S/C13H11BrFN3O/c1-7-2-4-9(12(16)17)13(18-7)19-11-6-8(15)3-5-10(11)14/h2-6H,1H3,(H3,16,17). The number of benzene rings is 1. The first kappa shape index (κ1) is 13.5. The monoisotopic (exact) mass is 323 g/mol. The second kappa shape index (κ2) is 5.36. The van der Waals surface area contributed by atoms with E-state index in [4.69, 9.17) is 15.9 Å². The molecule has 4 nitrogen and oxygen atoms in total. The molecule has 0 atom stereocenters. The van der Waals surface area contributed by atoms with Crippen molar-refractivity contribution in [3.05, 3.63) is 51.9 Å². The third-order valence-electron chi connectivity index (χ3n) is 2.39. The Morgan fingerprint density at radius 1 is 1.37 bits per heavy atom. The Morgan fingerprint density at radius 2 is 2.11 bits per heavy atom. The smallest absolute Gasteiger partial charge is 0.230 e. The fourth-order valence-corrected chi connectivity index (χ4v) is 1.80. The number of nitrogen functional groups attached to an aromatic ring is 1. The molecule has 1 aromatic carbocycles. The molecule has 0 fully saturated rings. The second-order valence-corrected chi connectivity index (χ2v) is 4.75.